The molecule has 1 N–H and O–H groups in total. The third kappa shape index (κ3) is 3.46. The zero-order valence-electron chi connectivity index (χ0n) is 11.4. The van der Waals surface area contributed by atoms with Crippen molar-refractivity contribution in [3.63, 3.8) is 0 Å². The summed E-state index contributed by atoms with van der Waals surface area (Å²) in [7, 11) is 2.06. The monoisotopic (exact) mass is 212 g/mol. The molecular weight excluding hydrogens is 184 g/mol. The maximum Gasteiger partial charge on any atom is 0.00991 e. The quantitative estimate of drug-likeness (QED) is 0.769. The molecule has 2 heteroatoms. The molecule has 15 heavy (non-hydrogen) atoms. The largest absolute Gasteiger partial charge is 0.317 e. The lowest BCUT2D eigenvalue weighted by molar-refractivity contribution is 0.158. The summed E-state index contributed by atoms with van der Waals surface area (Å²) in [5.74, 6) is 0. The van der Waals surface area contributed by atoms with Crippen molar-refractivity contribution >= 4 is 0 Å². The van der Waals surface area contributed by atoms with Crippen LogP contribution in [0.4, 0.5) is 0 Å². The Morgan fingerprint density at radius 2 is 2.00 bits per heavy atom. The molecule has 0 bridgehead atoms. The van der Waals surface area contributed by atoms with E-state index in [2.05, 4.69) is 51.9 Å². The fraction of sp³-hybridized carbons (Fsp3) is 1.00. The van der Waals surface area contributed by atoms with Crippen LogP contribution in [0.2, 0.25) is 0 Å². The summed E-state index contributed by atoms with van der Waals surface area (Å²) < 4.78 is 0. The second-order valence-electron chi connectivity index (χ2n) is 6.62. The van der Waals surface area contributed by atoms with Crippen molar-refractivity contribution in [2.45, 2.75) is 47.1 Å². The standard InChI is InChI=1S/C13H28N2/c1-11(14-6)13(4,5)10-15-8-7-12(2,3)9-15/h11,14H,7-10H2,1-6H3. The summed E-state index contributed by atoms with van der Waals surface area (Å²) in [6.07, 6.45) is 1.34. The Kier molecular flexibility index (Phi) is 3.83. The minimum atomic E-state index is 0.356. The van der Waals surface area contributed by atoms with Crippen LogP contribution in [0.3, 0.4) is 0 Å². The molecule has 0 aromatic heterocycles. The van der Waals surface area contributed by atoms with Gasteiger partial charge in [-0.3, -0.25) is 0 Å². The van der Waals surface area contributed by atoms with Crippen LogP contribution in [0.15, 0.2) is 0 Å². The summed E-state index contributed by atoms with van der Waals surface area (Å²) in [5, 5.41) is 3.37. The maximum atomic E-state index is 3.37. The highest BCUT2D eigenvalue weighted by Gasteiger charge is 2.34. The van der Waals surface area contributed by atoms with E-state index in [1.54, 1.807) is 0 Å². The third-order valence-electron chi connectivity index (χ3n) is 3.99. The highest BCUT2D eigenvalue weighted by molar-refractivity contribution is 4.88. The smallest absolute Gasteiger partial charge is 0.00991 e. The SMILES string of the molecule is CNC(C)C(C)(C)CN1CCC(C)(C)C1. The lowest BCUT2D eigenvalue weighted by atomic mass is 9.85. The summed E-state index contributed by atoms with van der Waals surface area (Å²) in [6, 6.07) is 0.571. The topological polar surface area (TPSA) is 15.3 Å². The van der Waals surface area contributed by atoms with E-state index in [4.69, 9.17) is 0 Å². The number of nitrogens with zero attached hydrogens (tertiary/aromatic N) is 1. The molecule has 1 heterocycles. The number of hydrogen-bond acceptors (Lipinski definition) is 2. The number of nitrogens with one attached hydrogen (secondary N) is 1. The molecular formula is C13H28N2. The molecule has 1 aliphatic heterocycles. The van der Waals surface area contributed by atoms with Gasteiger partial charge in [0.15, 0.2) is 0 Å². The minimum absolute atomic E-state index is 0.356. The molecule has 0 radical (unpaired) electrons. The van der Waals surface area contributed by atoms with Crippen molar-refractivity contribution in [3.8, 4) is 0 Å². The highest BCUT2D eigenvalue weighted by Crippen LogP contribution is 2.32. The molecule has 1 unspecified atom stereocenters. The van der Waals surface area contributed by atoms with Crippen LogP contribution in [0.1, 0.15) is 41.0 Å². The Morgan fingerprint density at radius 1 is 1.40 bits per heavy atom. The Labute approximate surface area is 95.4 Å². The average Bonchev–Trinajstić information content (AvgIpc) is 2.43. The van der Waals surface area contributed by atoms with Crippen molar-refractivity contribution < 1.29 is 0 Å². The van der Waals surface area contributed by atoms with Crippen molar-refractivity contribution in [2.75, 3.05) is 26.7 Å². The first kappa shape index (κ1) is 13.0. The predicted molar refractivity (Wildman–Crippen MR) is 67.1 cm³/mol. The summed E-state index contributed by atoms with van der Waals surface area (Å²) in [4.78, 5) is 2.62. The summed E-state index contributed by atoms with van der Waals surface area (Å²) in [6.45, 7) is 15.5. The van der Waals surface area contributed by atoms with Gasteiger partial charge in [0.1, 0.15) is 0 Å². The van der Waals surface area contributed by atoms with E-state index in [0.29, 0.717) is 16.9 Å². The molecule has 0 aromatic carbocycles. The minimum Gasteiger partial charge on any atom is -0.317 e. The van der Waals surface area contributed by atoms with Gasteiger partial charge in [-0.05, 0) is 37.8 Å². The molecule has 1 atom stereocenters. The first-order chi connectivity index (χ1) is 6.77. The zero-order valence-corrected chi connectivity index (χ0v) is 11.4. The van der Waals surface area contributed by atoms with Gasteiger partial charge < -0.3 is 10.2 Å². The fourth-order valence-electron chi connectivity index (χ4n) is 2.46. The maximum absolute atomic E-state index is 3.37. The van der Waals surface area contributed by atoms with Crippen LogP contribution in [0.5, 0.6) is 0 Å². The van der Waals surface area contributed by atoms with E-state index in [1.165, 1.54) is 26.1 Å². The molecule has 0 aliphatic carbocycles. The van der Waals surface area contributed by atoms with Gasteiger partial charge in [0.25, 0.3) is 0 Å². The first-order valence-corrected chi connectivity index (χ1v) is 6.16. The molecule has 0 saturated carbocycles. The van der Waals surface area contributed by atoms with Gasteiger partial charge in [0, 0.05) is 19.1 Å². The van der Waals surface area contributed by atoms with Crippen molar-refractivity contribution in [1.82, 2.24) is 10.2 Å². The molecule has 0 aromatic rings. The normalized spacial score (nSPS) is 24.4. The Bertz CT molecular complexity index is 209. The van der Waals surface area contributed by atoms with Crippen LogP contribution in [0.25, 0.3) is 0 Å². The van der Waals surface area contributed by atoms with E-state index in [1.807, 2.05) is 0 Å². The van der Waals surface area contributed by atoms with Gasteiger partial charge in [-0.15, -0.1) is 0 Å². The first-order valence-electron chi connectivity index (χ1n) is 6.16. The third-order valence-corrected chi connectivity index (χ3v) is 3.99. The molecule has 1 rings (SSSR count). The molecule has 1 aliphatic rings. The van der Waals surface area contributed by atoms with Gasteiger partial charge in [-0.2, -0.15) is 0 Å². The van der Waals surface area contributed by atoms with Gasteiger partial charge in [0.2, 0.25) is 0 Å². The second kappa shape index (κ2) is 4.42. The van der Waals surface area contributed by atoms with E-state index < -0.39 is 0 Å². The number of rotatable bonds is 4. The second-order valence-corrected chi connectivity index (χ2v) is 6.62. The summed E-state index contributed by atoms with van der Waals surface area (Å²) in [5.41, 5.74) is 0.883. The Balaban J connectivity index is 2.48. The van der Waals surface area contributed by atoms with Crippen molar-refractivity contribution in [1.29, 1.82) is 0 Å². The van der Waals surface area contributed by atoms with E-state index in [9.17, 15) is 0 Å². The molecule has 2 nitrogen and oxygen atoms in total. The van der Waals surface area contributed by atoms with Crippen LogP contribution in [0, 0.1) is 10.8 Å². The van der Waals surface area contributed by atoms with Gasteiger partial charge in [0.05, 0.1) is 0 Å². The molecule has 0 amide bonds. The van der Waals surface area contributed by atoms with E-state index in [0.717, 1.165) is 0 Å². The zero-order chi connectivity index (χ0) is 11.7. The van der Waals surface area contributed by atoms with Crippen LogP contribution < -0.4 is 5.32 Å². The summed E-state index contributed by atoms with van der Waals surface area (Å²) >= 11 is 0. The number of hydrogen-bond donors (Lipinski definition) is 1. The van der Waals surface area contributed by atoms with Crippen molar-refractivity contribution in [3.05, 3.63) is 0 Å². The highest BCUT2D eigenvalue weighted by atomic mass is 15.2. The van der Waals surface area contributed by atoms with Crippen molar-refractivity contribution in [2.24, 2.45) is 10.8 Å². The van der Waals surface area contributed by atoms with Gasteiger partial charge in [-0.25, -0.2) is 0 Å². The van der Waals surface area contributed by atoms with Crippen LogP contribution >= 0.6 is 0 Å². The lowest BCUT2D eigenvalue weighted by Crippen LogP contribution is -2.45. The molecule has 1 fully saturated rings. The molecule has 90 valence electrons. The molecule has 1 saturated heterocycles. The number of likely N-dealkylation sites (tertiary alicyclic amines) is 1. The Morgan fingerprint density at radius 3 is 2.40 bits per heavy atom. The Hall–Kier alpha value is -0.0800. The van der Waals surface area contributed by atoms with E-state index in [-0.39, 0.29) is 0 Å². The molecule has 0 spiro atoms. The lowest BCUT2D eigenvalue weighted by Gasteiger charge is -2.36. The van der Waals surface area contributed by atoms with E-state index >= 15 is 0 Å². The average molecular weight is 212 g/mol. The predicted octanol–water partition coefficient (Wildman–Crippen LogP) is 2.35. The fourth-order valence-corrected chi connectivity index (χ4v) is 2.46. The van der Waals surface area contributed by atoms with Crippen LogP contribution in [-0.4, -0.2) is 37.6 Å². The van der Waals surface area contributed by atoms with Crippen LogP contribution in [-0.2, 0) is 0 Å². The van der Waals surface area contributed by atoms with Gasteiger partial charge >= 0.3 is 0 Å². The van der Waals surface area contributed by atoms with Gasteiger partial charge in [-0.1, -0.05) is 27.7 Å².